The number of hydrogen-bond donors (Lipinski definition) is 0. The molecule has 0 radical (unpaired) electrons. The average Bonchev–Trinajstić information content (AvgIpc) is 3.24. The zero-order chi connectivity index (χ0) is 21.1. The number of aryl methyl sites for hydroxylation is 1. The highest BCUT2D eigenvalue weighted by molar-refractivity contribution is 5.97. The van der Waals surface area contributed by atoms with Gasteiger partial charge < -0.3 is 14.2 Å². The van der Waals surface area contributed by atoms with Crippen molar-refractivity contribution >= 4 is 11.9 Å². The second-order valence-corrected chi connectivity index (χ2v) is 7.48. The molecule has 1 aliphatic rings. The van der Waals surface area contributed by atoms with Crippen LogP contribution >= 0.6 is 0 Å². The lowest BCUT2D eigenvalue weighted by atomic mass is 9.96. The fourth-order valence-corrected chi connectivity index (χ4v) is 3.69. The van der Waals surface area contributed by atoms with Crippen molar-refractivity contribution in [3.8, 4) is 17.1 Å². The van der Waals surface area contributed by atoms with Gasteiger partial charge in [-0.25, -0.2) is 0 Å². The fraction of sp³-hybridized carbons (Fsp3) is 0.304. The Morgan fingerprint density at radius 3 is 2.60 bits per heavy atom. The summed E-state index contributed by atoms with van der Waals surface area (Å²) in [6, 6.07) is 14.8. The van der Waals surface area contributed by atoms with E-state index in [1.165, 1.54) is 6.92 Å². The zero-order valence-electron chi connectivity index (χ0n) is 17.0. The first-order chi connectivity index (χ1) is 14.5. The highest BCUT2D eigenvalue weighted by atomic mass is 16.5. The molecule has 1 fully saturated rings. The number of carbonyl (C=O) groups is 2. The van der Waals surface area contributed by atoms with Crippen LogP contribution < -0.4 is 4.74 Å². The summed E-state index contributed by atoms with van der Waals surface area (Å²) in [6.07, 6.45) is 1.47. The van der Waals surface area contributed by atoms with Gasteiger partial charge in [-0.15, -0.1) is 0 Å². The van der Waals surface area contributed by atoms with Gasteiger partial charge in [0.25, 0.3) is 5.91 Å². The molecule has 7 heteroatoms. The predicted molar refractivity (Wildman–Crippen MR) is 110 cm³/mol. The number of ether oxygens (including phenoxy) is 1. The predicted octanol–water partition coefficient (Wildman–Crippen LogP) is 3.99. The number of esters is 1. The molecule has 1 aliphatic heterocycles. The molecule has 2 aromatic carbocycles. The van der Waals surface area contributed by atoms with Crippen LogP contribution in [0.5, 0.6) is 5.75 Å². The Bertz CT molecular complexity index is 1070. The second-order valence-electron chi connectivity index (χ2n) is 7.48. The van der Waals surface area contributed by atoms with Crippen molar-refractivity contribution in [1.82, 2.24) is 15.0 Å². The van der Waals surface area contributed by atoms with E-state index in [0.717, 1.165) is 24.0 Å². The molecule has 0 saturated carbocycles. The topological polar surface area (TPSA) is 85.5 Å². The number of para-hydroxylation sites is 1. The van der Waals surface area contributed by atoms with Crippen molar-refractivity contribution in [3.63, 3.8) is 0 Å². The van der Waals surface area contributed by atoms with Gasteiger partial charge in [-0.05, 0) is 38.0 Å². The molecule has 0 atom stereocenters. The van der Waals surface area contributed by atoms with E-state index < -0.39 is 5.97 Å². The first kappa shape index (κ1) is 19.8. The lowest BCUT2D eigenvalue weighted by Crippen LogP contribution is -2.38. The molecule has 1 amide bonds. The van der Waals surface area contributed by atoms with E-state index in [9.17, 15) is 9.59 Å². The van der Waals surface area contributed by atoms with E-state index >= 15 is 0 Å². The number of hydrogen-bond acceptors (Lipinski definition) is 6. The number of amides is 1. The van der Waals surface area contributed by atoms with E-state index in [1.807, 2.05) is 31.2 Å². The van der Waals surface area contributed by atoms with Crippen LogP contribution in [-0.4, -0.2) is 40.0 Å². The summed E-state index contributed by atoms with van der Waals surface area (Å²) in [5.74, 6) is 1.01. The Hall–Kier alpha value is -3.48. The largest absolute Gasteiger partial charge is 0.426 e. The standard InChI is InChI=1S/C23H23N3O4/c1-15-6-5-7-18(14-15)21-24-22(30-25-21)17-10-12-26(13-11-17)23(28)19-8-3-4-9-20(19)29-16(2)27/h3-9,14,17H,10-13H2,1-2H3. The molecular weight excluding hydrogens is 382 g/mol. The Morgan fingerprint density at radius 1 is 1.10 bits per heavy atom. The Kier molecular flexibility index (Phi) is 5.61. The molecule has 0 bridgehead atoms. The summed E-state index contributed by atoms with van der Waals surface area (Å²) in [5, 5.41) is 4.13. The van der Waals surface area contributed by atoms with Gasteiger partial charge in [0.05, 0.1) is 5.56 Å². The lowest BCUT2D eigenvalue weighted by molar-refractivity contribution is -0.131. The number of nitrogens with zero attached hydrogens (tertiary/aromatic N) is 3. The summed E-state index contributed by atoms with van der Waals surface area (Å²) >= 11 is 0. The van der Waals surface area contributed by atoms with Crippen LogP contribution in [0.25, 0.3) is 11.4 Å². The molecule has 1 aromatic heterocycles. The van der Waals surface area contributed by atoms with Gasteiger partial charge in [-0.3, -0.25) is 9.59 Å². The number of benzene rings is 2. The minimum atomic E-state index is -0.449. The zero-order valence-corrected chi connectivity index (χ0v) is 17.0. The van der Waals surface area contributed by atoms with Crippen LogP contribution in [0.1, 0.15) is 47.5 Å². The van der Waals surface area contributed by atoms with Crippen molar-refractivity contribution < 1.29 is 18.8 Å². The average molecular weight is 405 g/mol. The maximum absolute atomic E-state index is 12.9. The lowest BCUT2D eigenvalue weighted by Gasteiger charge is -2.30. The summed E-state index contributed by atoms with van der Waals surface area (Å²) in [5.41, 5.74) is 2.46. The van der Waals surface area contributed by atoms with Gasteiger partial charge in [0.2, 0.25) is 11.7 Å². The summed E-state index contributed by atoms with van der Waals surface area (Å²) in [7, 11) is 0. The molecule has 0 unspecified atom stereocenters. The van der Waals surface area contributed by atoms with Crippen molar-refractivity contribution in [2.45, 2.75) is 32.6 Å². The summed E-state index contributed by atoms with van der Waals surface area (Å²) in [6.45, 7) is 4.49. The molecule has 0 spiro atoms. The number of likely N-dealkylation sites (tertiary alicyclic amines) is 1. The molecule has 30 heavy (non-hydrogen) atoms. The van der Waals surface area contributed by atoms with Gasteiger partial charge in [-0.1, -0.05) is 41.1 Å². The quantitative estimate of drug-likeness (QED) is 0.482. The van der Waals surface area contributed by atoms with Crippen LogP contribution in [0.3, 0.4) is 0 Å². The van der Waals surface area contributed by atoms with E-state index in [1.54, 1.807) is 29.2 Å². The Balaban J connectivity index is 1.42. The van der Waals surface area contributed by atoms with E-state index in [4.69, 9.17) is 9.26 Å². The fourth-order valence-electron chi connectivity index (χ4n) is 3.69. The first-order valence-electron chi connectivity index (χ1n) is 9.98. The molecule has 3 aromatic rings. The van der Waals surface area contributed by atoms with Crippen LogP contribution in [0.4, 0.5) is 0 Å². The van der Waals surface area contributed by atoms with E-state index in [-0.39, 0.29) is 17.6 Å². The smallest absolute Gasteiger partial charge is 0.308 e. The van der Waals surface area contributed by atoms with Gasteiger partial charge >= 0.3 is 5.97 Å². The number of rotatable bonds is 4. The van der Waals surface area contributed by atoms with E-state index in [0.29, 0.717) is 30.4 Å². The van der Waals surface area contributed by atoms with E-state index in [2.05, 4.69) is 10.1 Å². The minimum absolute atomic E-state index is 0.115. The number of carbonyl (C=O) groups excluding carboxylic acids is 2. The molecule has 154 valence electrons. The molecule has 0 N–H and O–H groups in total. The van der Waals surface area contributed by atoms with Crippen LogP contribution in [0.15, 0.2) is 53.1 Å². The Morgan fingerprint density at radius 2 is 1.87 bits per heavy atom. The third kappa shape index (κ3) is 4.25. The molecule has 4 rings (SSSR count). The van der Waals surface area contributed by atoms with Crippen LogP contribution in [0, 0.1) is 6.92 Å². The maximum atomic E-state index is 12.9. The maximum Gasteiger partial charge on any atom is 0.308 e. The molecule has 7 nitrogen and oxygen atoms in total. The van der Waals surface area contributed by atoms with Crippen molar-refractivity contribution in [2.75, 3.05) is 13.1 Å². The number of aromatic nitrogens is 2. The van der Waals surface area contributed by atoms with Crippen molar-refractivity contribution in [2.24, 2.45) is 0 Å². The normalized spacial score (nSPS) is 14.5. The highest BCUT2D eigenvalue weighted by Gasteiger charge is 2.29. The molecule has 1 saturated heterocycles. The van der Waals surface area contributed by atoms with Crippen LogP contribution in [-0.2, 0) is 4.79 Å². The third-order valence-corrected chi connectivity index (χ3v) is 5.22. The number of piperidine rings is 1. The second kappa shape index (κ2) is 8.49. The third-order valence-electron chi connectivity index (χ3n) is 5.22. The van der Waals surface area contributed by atoms with Crippen molar-refractivity contribution in [3.05, 3.63) is 65.5 Å². The van der Waals surface area contributed by atoms with Gasteiger partial charge in [0, 0.05) is 31.5 Å². The monoisotopic (exact) mass is 405 g/mol. The SMILES string of the molecule is CC(=O)Oc1ccccc1C(=O)N1CCC(c2nc(-c3cccc(C)c3)no2)CC1. The minimum Gasteiger partial charge on any atom is -0.426 e. The van der Waals surface area contributed by atoms with Gasteiger partial charge in [0.15, 0.2) is 0 Å². The van der Waals surface area contributed by atoms with Gasteiger partial charge in [-0.2, -0.15) is 4.98 Å². The van der Waals surface area contributed by atoms with Gasteiger partial charge in [0.1, 0.15) is 5.75 Å². The van der Waals surface area contributed by atoms with Crippen LogP contribution in [0.2, 0.25) is 0 Å². The first-order valence-corrected chi connectivity index (χ1v) is 9.98. The molecule has 2 heterocycles. The highest BCUT2D eigenvalue weighted by Crippen LogP contribution is 2.30. The molecule has 0 aliphatic carbocycles. The summed E-state index contributed by atoms with van der Waals surface area (Å²) in [4.78, 5) is 30.6. The van der Waals surface area contributed by atoms with Crippen molar-refractivity contribution in [1.29, 1.82) is 0 Å². The Labute approximate surface area is 174 Å². The molecular formula is C23H23N3O4. The summed E-state index contributed by atoms with van der Waals surface area (Å²) < 4.78 is 10.7.